The molecule has 0 fully saturated rings. The van der Waals surface area contributed by atoms with Gasteiger partial charge in [0, 0.05) is 20.6 Å². The molecule has 2 unspecified atom stereocenters. The van der Waals surface area contributed by atoms with Gasteiger partial charge in [-0.05, 0) is 34.9 Å². The van der Waals surface area contributed by atoms with Crippen molar-refractivity contribution in [2.75, 3.05) is 21.3 Å². The minimum absolute atomic E-state index is 0.00611. The van der Waals surface area contributed by atoms with Crippen LogP contribution in [0.25, 0.3) is 0 Å². The van der Waals surface area contributed by atoms with Gasteiger partial charge in [0.1, 0.15) is 5.75 Å². The zero-order valence-corrected chi connectivity index (χ0v) is 14.8. The predicted octanol–water partition coefficient (Wildman–Crippen LogP) is 2.71. The average molecular weight is 336 g/mol. The van der Waals surface area contributed by atoms with Crippen molar-refractivity contribution < 1.29 is 28.8 Å². The van der Waals surface area contributed by atoms with Crippen LogP contribution in [-0.4, -0.2) is 38.7 Å². The number of benzene rings is 1. The van der Waals surface area contributed by atoms with Crippen molar-refractivity contribution in [3.63, 3.8) is 0 Å². The third-order valence-electron chi connectivity index (χ3n) is 4.90. The molecule has 0 radical (unpaired) electrons. The van der Waals surface area contributed by atoms with E-state index in [2.05, 4.69) is 13.8 Å². The largest absolute Gasteiger partial charge is 0.496 e. The summed E-state index contributed by atoms with van der Waals surface area (Å²) in [6, 6.07) is 0. The molecular weight excluding hydrogens is 312 g/mol. The van der Waals surface area contributed by atoms with Gasteiger partial charge in [0.25, 0.3) is 0 Å². The highest BCUT2D eigenvalue weighted by atomic mass is 16.8. The van der Waals surface area contributed by atoms with Crippen molar-refractivity contribution in [2.24, 2.45) is 5.41 Å². The SMILES string of the molecule is COc1c2c(c(C(=O)O)c3c1C(OC)OC(OC)C3)CC(C)(C)C2. The van der Waals surface area contributed by atoms with Crippen LogP contribution in [0.5, 0.6) is 5.75 Å². The number of hydrogen-bond acceptors (Lipinski definition) is 5. The van der Waals surface area contributed by atoms with Gasteiger partial charge in [-0.25, -0.2) is 4.79 Å². The maximum atomic E-state index is 12.1. The van der Waals surface area contributed by atoms with Crippen molar-refractivity contribution >= 4 is 5.97 Å². The lowest BCUT2D eigenvalue weighted by Gasteiger charge is -2.33. The molecule has 6 nitrogen and oxygen atoms in total. The number of rotatable bonds is 4. The average Bonchev–Trinajstić information content (AvgIpc) is 2.84. The summed E-state index contributed by atoms with van der Waals surface area (Å²) in [4.78, 5) is 12.1. The number of aromatic carboxylic acids is 1. The first kappa shape index (κ1) is 17.2. The number of carbonyl (C=O) groups is 1. The third-order valence-corrected chi connectivity index (χ3v) is 4.90. The molecule has 1 aliphatic carbocycles. The molecule has 6 heteroatoms. The molecule has 132 valence electrons. The molecular formula is C18H24O6. The van der Waals surface area contributed by atoms with Crippen molar-refractivity contribution in [1.82, 2.24) is 0 Å². The molecule has 1 N–H and O–H groups in total. The second-order valence-electron chi connectivity index (χ2n) is 7.15. The molecule has 1 aromatic rings. The number of carboxylic acids is 1. The molecule has 1 heterocycles. The topological polar surface area (TPSA) is 74.2 Å². The Hall–Kier alpha value is -1.63. The van der Waals surface area contributed by atoms with Crippen LogP contribution in [0.1, 0.15) is 52.7 Å². The Morgan fingerprint density at radius 3 is 2.33 bits per heavy atom. The number of methoxy groups -OCH3 is 3. The second-order valence-corrected chi connectivity index (χ2v) is 7.15. The molecule has 3 rings (SSSR count). The van der Waals surface area contributed by atoms with Crippen molar-refractivity contribution in [1.29, 1.82) is 0 Å². The van der Waals surface area contributed by atoms with Crippen LogP contribution < -0.4 is 4.74 Å². The summed E-state index contributed by atoms with van der Waals surface area (Å²) in [6.45, 7) is 4.28. The van der Waals surface area contributed by atoms with Crippen LogP contribution >= 0.6 is 0 Å². The van der Waals surface area contributed by atoms with E-state index < -0.39 is 18.5 Å². The molecule has 2 aliphatic rings. The predicted molar refractivity (Wildman–Crippen MR) is 86.5 cm³/mol. The highest BCUT2D eigenvalue weighted by molar-refractivity contribution is 5.93. The van der Waals surface area contributed by atoms with E-state index in [-0.39, 0.29) is 5.41 Å². The summed E-state index contributed by atoms with van der Waals surface area (Å²) < 4.78 is 22.2. The molecule has 0 aromatic heterocycles. The van der Waals surface area contributed by atoms with Gasteiger partial charge in [-0.2, -0.15) is 0 Å². The summed E-state index contributed by atoms with van der Waals surface area (Å²) in [5.74, 6) is -0.230. The van der Waals surface area contributed by atoms with E-state index >= 15 is 0 Å². The van der Waals surface area contributed by atoms with Gasteiger partial charge in [0.2, 0.25) is 0 Å². The zero-order valence-electron chi connectivity index (χ0n) is 14.8. The molecule has 1 aromatic carbocycles. The van der Waals surface area contributed by atoms with Crippen LogP contribution in [0.4, 0.5) is 0 Å². The first-order chi connectivity index (χ1) is 11.3. The number of hydrogen-bond donors (Lipinski definition) is 1. The molecule has 0 saturated heterocycles. The van der Waals surface area contributed by atoms with Gasteiger partial charge in [-0.3, -0.25) is 0 Å². The van der Waals surface area contributed by atoms with Gasteiger partial charge in [-0.1, -0.05) is 13.8 Å². The van der Waals surface area contributed by atoms with Gasteiger partial charge in [0.15, 0.2) is 12.6 Å². The first-order valence-corrected chi connectivity index (χ1v) is 8.01. The smallest absolute Gasteiger partial charge is 0.336 e. The van der Waals surface area contributed by atoms with Gasteiger partial charge in [-0.15, -0.1) is 0 Å². The summed E-state index contributed by atoms with van der Waals surface area (Å²) in [5, 5.41) is 9.89. The summed E-state index contributed by atoms with van der Waals surface area (Å²) in [7, 11) is 4.68. The maximum absolute atomic E-state index is 12.1. The Morgan fingerprint density at radius 1 is 1.12 bits per heavy atom. The molecule has 24 heavy (non-hydrogen) atoms. The molecule has 2 atom stereocenters. The van der Waals surface area contributed by atoms with E-state index in [9.17, 15) is 9.90 Å². The minimum atomic E-state index is -0.922. The quantitative estimate of drug-likeness (QED) is 0.911. The normalized spacial score (nSPS) is 24.4. The molecule has 0 saturated carbocycles. The Morgan fingerprint density at radius 2 is 1.79 bits per heavy atom. The van der Waals surface area contributed by atoms with E-state index in [1.165, 1.54) is 14.2 Å². The molecule has 1 aliphatic heterocycles. The first-order valence-electron chi connectivity index (χ1n) is 8.01. The number of carboxylic acid groups (broad SMARTS) is 1. The van der Waals surface area contributed by atoms with Crippen molar-refractivity contribution in [3.05, 3.63) is 27.8 Å². The third kappa shape index (κ3) is 2.59. The summed E-state index contributed by atoms with van der Waals surface area (Å²) >= 11 is 0. The standard InChI is InChI=1S/C18H24O6/c1-18(2)7-10-11(8-18)15(22-4)14-9(13(10)16(19)20)6-12(21-3)24-17(14)23-5/h12,17H,6-8H2,1-5H3,(H,19,20). The lowest BCUT2D eigenvalue weighted by Crippen LogP contribution is -2.31. The highest BCUT2D eigenvalue weighted by Gasteiger charge is 2.42. The fraction of sp³-hybridized carbons (Fsp3) is 0.611. The second kappa shape index (κ2) is 6.02. The van der Waals surface area contributed by atoms with Crippen molar-refractivity contribution in [2.45, 2.75) is 45.7 Å². The lowest BCUT2D eigenvalue weighted by molar-refractivity contribution is -0.241. The summed E-state index contributed by atoms with van der Waals surface area (Å²) in [6.07, 6.45) is 0.586. The molecule has 0 bridgehead atoms. The fourth-order valence-electron chi connectivity index (χ4n) is 3.99. The Bertz CT molecular complexity index is 679. The van der Waals surface area contributed by atoms with Crippen LogP contribution in [0.15, 0.2) is 0 Å². The molecule has 0 amide bonds. The Balaban J connectivity index is 2.32. The summed E-state index contributed by atoms with van der Waals surface area (Å²) in [5.41, 5.74) is 3.56. The van der Waals surface area contributed by atoms with Gasteiger partial charge < -0.3 is 24.1 Å². The van der Waals surface area contributed by atoms with Crippen LogP contribution in [-0.2, 0) is 33.5 Å². The van der Waals surface area contributed by atoms with Crippen LogP contribution in [0.2, 0.25) is 0 Å². The van der Waals surface area contributed by atoms with E-state index in [1.807, 2.05) is 0 Å². The van der Waals surface area contributed by atoms with Crippen molar-refractivity contribution in [3.8, 4) is 5.75 Å². The number of fused-ring (bicyclic) bond motifs is 2. The Labute approximate surface area is 141 Å². The van der Waals surface area contributed by atoms with Gasteiger partial charge >= 0.3 is 5.97 Å². The number of ether oxygens (including phenoxy) is 4. The van der Waals surface area contributed by atoms with Crippen LogP contribution in [0, 0.1) is 5.41 Å². The monoisotopic (exact) mass is 336 g/mol. The highest BCUT2D eigenvalue weighted by Crippen LogP contribution is 2.49. The van der Waals surface area contributed by atoms with E-state index in [0.717, 1.165) is 17.5 Å². The van der Waals surface area contributed by atoms with E-state index in [4.69, 9.17) is 18.9 Å². The van der Waals surface area contributed by atoms with E-state index in [1.54, 1.807) is 7.11 Å². The maximum Gasteiger partial charge on any atom is 0.336 e. The minimum Gasteiger partial charge on any atom is -0.496 e. The fourth-order valence-corrected chi connectivity index (χ4v) is 3.99. The Kier molecular flexibility index (Phi) is 4.32. The van der Waals surface area contributed by atoms with Crippen LogP contribution in [0.3, 0.4) is 0 Å². The molecule has 0 spiro atoms. The van der Waals surface area contributed by atoms with E-state index in [0.29, 0.717) is 35.3 Å². The van der Waals surface area contributed by atoms with Gasteiger partial charge in [0.05, 0.1) is 18.2 Å². The zero-order chi connectivity index (χ0) is 17.6. The lowest BCUT2D eigenvalue weighted by atomic mass is 9.87.